The molecule has 0 saturated carbocycles. The predicted octanol–water partition coefficient (Wildman–Crippen LogP) is 2.65. The van der Waals surface area contributed by atoms with E-state index in [0.717, 1.165) is 0 Å². The number of fused-ring (bicyclic) bond motifs is 1. The number of para-hydroxylation sites is 2. The van der Waals surface area contributed by atoms with E-state index in [0.29, 0.717) is 49.6 Å². The highest BCUT2D eigenvalue weighted by atomic mass is 32.2. The molecule has 0 spiro atoms. The van der Waals surface area contributed by atoms with E-state index < -0.39 is 10.0 Å². The van der Waals surface area contributed by atoms with Crippen molar-refractivity contribution in [3.63, 3.8) is 0 Å². The van der Waals surface area contributed by atoms with Crippen LogP contribution < -0.4 is 9.47 Å². The average Bonchev–Trinajstić information content (AvgIpc) is 2.87. The Morgan fingerprint density at radius 3 is 2.42 bits per heavy atom. The molecule has 33 heavy (non-hydrogen) atoms. The summed E-state index contributed by atoms with van der Waals surface area (Å²) in [4.78, 5) is 15.1. The van der Waals surface area contributed by atoms with E-state index in [1.165, 1.54) is 28.6 Å². The number of nitrogens with zero attached hydrogens (tertiary/aromatic N) is 3. The van der Waals surface area contributed by atoms with Gasteiger partial charge in [0.15, 0.2) is 17.6 Å². The standard InChI is InChI=1S/C24H27N3O5S/c1-2-26(16-20-17-31-22-5-3-4-6-23(22)32-20)24(28)19-11-13-27(14-12-19)33(29,30)21-9-7-18(15-25)8-10-21/h3-10,19-20H,2,11-14,16-17H2,1H3. The number of ether oxygens (including phenoxy) is 2. The Labute approximate surface area is 194 Å². The fourth-order valence-corrected chi connectivity index (χ4v) is 5.70. The van der Waals surface area contributed by atoms with Gasteiger partial charge in [-0.25, -0.2) is 8.42 Å². The van der Waals surface area contributed by atoms with E-state index >= 15 is 0 Å². The van der Waals surface area contributed by atoms with Gasteiger partial charge in [0.25, 0.3) is 0 Å². The molecule has 4 rings (SSSR count). The molecular formula is C24H27N3O5S. The van der Waals surface area contributed by atoms with Crippen LogP contribution in [0.2, 0.25) is 0 Å². The maximum Gasteiger partial charge on any atom is 0.243 e. The third-order valence-electron chi connectivity index (χ3n) is 6.11. The summed E-state index contributed by atoms with van der Waals surface area (Å²) < 4.78 is 39.1. The molecule has 0 bridgehead atoms. The highest BCUT2D eigenvalue weighted by Crippen LogP contribution is 2.31. The summed E-state index contributed by atoms with van der Waals surface area (Å²) in [6, 6.07) is 15.4. The lowest BCUT2D eigenvalue weighted by atomic mass is 9.96. The van der Waals surface area contributed by atoms with Crippen molar-refractivity contribution in [2.75, 3.05) is 32.8 Å². The lowest BCUT2D eigenvalue weighted by Gasteiger charge is -2.35. The molecule has 0 radical (unpaired) electrons. The summed E-state index contributed by atoms with van der Waals surface area (Å²) in [6.07, 6.45) is 0.687. The van der Waals surface area contributed by atoms with Gasteiger partial charge in [0.1, 0.15) is 6.61 Å². The van der Waals surface area contributed by atoms with E-state index in [1.54, 1.807) is 4.90 Å². The minimum absolute atomic E-state index is 0.0235. The Bertz CT molecular complexity index is 1140. The maximum atomic E-state index is 13.2. The highest BCUT2D eigenvalue weighted by Gasteiger charge is 2.34. The fraction of sp³-hybridized carbons (Fsp3) is 0.417. The van der Waals surface area contributed by atoms with Crippen molar-refractivity contribution in [3.8, 4) is 17.6 Å². The first-order chi connectivity index (χ1) is 15.9. The topological polar surface area (TPSA) is 99.9 Å². The van der Waals surface area contributed by atoms with Gasteiger partial charge in [0.2, 0.25) is 15.9 Å². The van der Waals surface area contributed by atoms with Crippen LogP contribution >= 0.6 is 0 Å². The summed E-state index contributed by atoms with van der Waals surface area (Å²) in [5.74, 6) is 1.18. The van der Waals surface area contributed by atoms with Gasteiger partial charge in [-0.2, -0.15) is 9.57 Å². The smallest absolute Gasteiger partial charge is 0.243 e. The second-order valence-corrected chi connectivity index (χ2v) is 10.1. The number of amides is 1. The fourth-order valence-electron chi connectivity index (χ4n) is 4.23. The monoisotopic (exact) mass is 469 g/mol. The highest BCUT2D eigenvalue weighted by molar-refractivity contribution is 7.89. The Hall–Kier alpha value is -3.09. The molecule has 0 N–H and O–H groups in total. The number of carbonyl (C=O) groups is 1. The van der Waals surface area contributed by atoms with Crippen molar-refractivity contribution in [2.45, 2.75) is 30.8 Å². The number of sulfonamides is 1. The van der Waals surface area contributed by atoms with Crippen LogP contribution in [0.4, 0.5) is 0 Å². The van der Waals surface area contributed by atoms with Gasteiger partial charge >= 0.3 is 0 Å². The van der Waals surface area contributed by atoms with Crippen molar-refractivity contribution in [2.24, 2.45) is 5.92 Å². The third-order valence-corrected chi connectivity index (χ3v) is 8.02. The lowest BCUT2D eigenvalue weighted by Crippen LogP contribution is -2.48. The van der Waals surface area contributed by atoms with Crippen LogP contribution in [0.15, 0.2) is 53.4 Å². The zero-order valence-electron chi connectivity index (χ0n) is 18.5. The first kappa shape index (κ1) is 23.1. The first-order valence-electron chi connectivity index (χ1n) is 11.1. The van der Waals surface area contributed by atoms with Gasteiger partial charge in [-0.3, -0.25) is 4.79 Å². The second-order valence-electron chi connectivity index (χ2n) is 8.19. The van der Waals surface area contributed by atoms with Crippen molar-refractivity contribution in [1.82, 2.24) is 9.21 Å². The molecular weight excluding hydrogens is 442 g/mol. The van der Waals surface area contributed by atoms with Crippen molar-refractivity contribution in [1.29, 1.82) is 5.26 Å². The zero-order chi connectivity index (χ0) is 23.4. The molecule has 8 nitrogen and oxygen atoms in total. The van der Waals surface area contributed by atoms with Crippen molar-refractivity contribution < 1.29 is 22.7 Å². The second kappa shape index (κ2) is 9.81. The van der Waals surface area contributed by atoms with E-state index in [1.807, 2.05) is 37.3 Å². The van der Waals surface area contributed by atoms with Gasteiger partial charge in [-0.1, -0.05) is 12.1 Å². The van der Waals surface area contributed by atoms with Crippen LogP contribution in [0.1, 0.15) is 25.3 Å². The number of hydrogen-bond donors (Lipinski definition) is 0. The van der Waals surface area contributed by atoms with Gasteiger partial charge in [0.05, 0.1) is 23.1 Å². The number of likely N-dealkylation sites (N-methyl/N-ethyl adjacent to an activating group) is 1. The molecule has 1 fully saturated rings. The quantitative estimate of drug-likeness (QED) is 0.645. The Balaban J connectivity index is 1.34. The number of carbonyl (C=O) groups excluding carboxylic acids is 1. The summed E-state index contributed by atoms with van der Waals surface area (Å²) in [6.45, 7) is 3.85. The minimum atomic E-state index is -3.65. The SMILES string of the molecule is CCN(CC1COc2ccccc2O1)C(=O)C1CCN(S(=O)(=O)c2ccc(C#N)cc2)CC1. The van der Waals surface area contributed by atoms with Crippen LogP contribution in [-0.4, -0.2) is 62.4 Å². The minimum Gasteiger partial charge on any atom is -0.486 e. The molecule has 2 aliphatic heterocycles. The molecule has 1 atom stereocenters. The average molecular weight is 470 g/mol. The Morgan fingerprint density at radius 2 is 1.79 bits per heavy atom. The lowest BCUT2D eigenvalue weighted by molar-refractivity contribution is -0.138. The summed E-state index contributed by atoms with van der Waals surface area (Å²) >= 11 is 0. The van der Waals surface area contributed by atoms with Crippen molar-refractivity contribution >= 4 is 15.9 Å². The molecule has 174 valence electrons. The number of benzene rings is 2. The Kier molecular flexibility index (Phi) is 6.86. The largest absolute Gasteiger partial charge is 0.486 e. The third kappa shape index (κ3) is 4.97. The molecule has 0 aliphatic carbocycles. The van der Waals surface area contributed by atoms with Gasteiger partial charge in [-0.15, -0.1) is 0 Å². The molecule has 2 aromatic carbocycles. The van der Waals surface area contributed by atoms with E-state index in [9.17, 15) is 13.2 Å². The first-order valence-corrected chi connectivity index (χ1v) is 12.5. The van der Waals surface area contributed by atoms with Crippen LogP contribution in [0.25, 0.3) is 0 Å². The Morgan fingerprint density at radius 1 is 1.12 bits per heavy atom. The van der Waals surface area contributed by atoms with E-state index in [4.69, 9.17) is 14.7 Å². The molecule has 2 aliphatic rings. The van der Waals surface area contributed by atoms with Crippen LogP contribution in [0.3, 0.4) is 0 Å². The van der Waals surface area contributed by atoms with Crippen LogP contribution in [0, 0.1) is 17.2 Å². The molecule has 0 aromatic heterocycles. The van der Waals surface area contributed by atoms with Gasteiger partial charge < -0.3 is 14.4 Å². The zero-order valence-corrected chi connectivity index (χ0v) is 19.3. The maximum absolute atomic E-state index is 13.2. The van der Waals surface area contributed by atoms with E-state index in [-0.39, 0.29) is 35.9 Å². The molecule has 9 heteroatoms. The number of hydrogen-bond acceptors (Lipinski definition) is 6. The number of nitriles is 1. The number of rotatable bonds is 6. The van der Waals surface area contributed by atoms with Crippen LogP contribution in [0.5, 0.6) is 11.5 Å². The van der Waals surface area contributed by atoms with Crippen molar-refractivity contribution in [3.05, 3.63) is 54.1 Å². The number of piperidine rings is 1. The molecule has 1 saturated heterocycles. The van der Waals surface area contributed by atoms with E-state index in [2.05, 4.69) is 0 Å². The summed E-state index contributed by atoms with van der Waals surface area (Å²) in [5, 5.41) is 8.91. The molecule has 1 amide bonds. The molecule has 1 unspecified atom stereocenters. The molecule has 2 heterocycles. The molecule has 2 aromatic rings. The summed E-state index contributed by atoms with van der Waals surface area (Å²) in [7, 11) is -3.65. The van der Waals surface area contributed by atoms with Gasteiger partial charge in [0, 0.05) is 25.6 Å². The van der Waals surface area contributed by atoms with Gasteiger partial charge in [-0.05, 0) is 56.2 Å². The van der Waals surface area contributed by atoms with Crippen LogP contribution in [-0.2, 0) is 14.8 Å². The predicted molar refractivity (Wildman–Crippen MR) is 121 cm³/mol. The normalized spacial score (nSPS) is 19.0. The summed E-state index contributed by atoms with van der Waals surface area (Å²) in [5.41, 5.74) is 0.411.